The lowest BCUT2D eigenvalue weighted by Gasteiger charge is -2.27. The number of hydrogen-bond donors (Lipinski definition) is 1. The predicted octanol–water partition coefficient (Wildman–Crippen LogP) is 3.18. The van der Waals surface area contributed by atoms with Crippen LogP contribution in [0.2, 0.25) is 0 Å². The van der Waals surface area contributed by atoms with Gasteiger partial charge in [-0.05, 0) is 38.8 Å². The van der Waals surface area contributed by atoms with Crippen molar-refractivity contribution in [1.29, 1.82) is 0 Å². The Labute approximate surface area is 111 Å². The first kappa shape index (κ1) is 14.3. The van der Waals surface area contributed by atoms with Gasteiger partial charge < -0.3 is 10.1 Å². The van der Waals surface area contributed by atoms with Crippen LogP contribution in [0.25, 0.3) is 0 Å². The third-order valence-corrected chi connectivity index (χ3v) is 3.49. The van der Waals surface area contributed by atoms with E-state index < -0.39 is 23.5 Å². The molecule has 1 aliphatic carbocycles. The van der Waals surface area contributed by atoms with Gasteiger partial charge in [0.1, 0.15) is 0 Å². The van der Waals surface area contributed by atoms with Crippen molar-refractivity contribution in [2.24, 2.45) is 5.92 Å². The van der Waals surface area contributed by atoms with Crippen molar-refractivity contribution in [3.63, 3.8) is 0 Å². The first-order chi connectivity index (χ1) is 9.10. The second kappa shape index (κ2) is 5.92. The lowest BCUT2D eigenvalue weighted by Crippen LogP contribution is -2.34. The fourth-order valence-corrected chi connectivity index (χ4v) is 2.40. The van der Waals surface area contributed by atoms with Gasteiger partial charge in [0.25, 0.3) is 0 Å². The minimum atomic E-state index is -1.43. The highest BCUT2D eigenvalue weighted by atomic mass is 19.2. The summed E-state index contributed by atoms with van der Waals surface area (Å²) in [5, 5.41) is 2.96. The first-order valence-electron chi connectivity index (χ1n) is 6.52. The molecule has 1 fully saturated rings. The van der Waals surface area contributed by atoms with Crippen LogP contribution in [-0.2, 0) is 4.74 Å². The molecule has 2 atom stereocenters. The summed E-state index contributed by atoms with van der Waals surface area (Å²) in [4.78, 5) is 0. The van der Waals surface area contributed by atoms with E-state index in [4.69, 9.17) is 4.74 Å². The summed E-state index contributed by atoms with van der Waals surface area (Å²) in [7, 11) is 1.67. The lowest BCUT2D eigenvalue weighted by molar-refractivity contribution is 0.0194. The number of ether oxygens (including phenoxy) is 1. The summed E-state index contributed by atoms with van der Waals surface area (Å²) in [5.74, 6) is -3.38. The Morgan fingerprint density at radius 2 is 1.95 bits per heavy atom. The Morgan fingerprint density at radius 3 is 2.47 bits per heavy atom. The van der Waals surface area contributed by atoms with E-state index in [2.05, 4.69) is 5.32 Å². The molecule has 106 valence electrons. The standard InChI is InChI=1S/C14H18F3NO/c1-3-19-14(8-4-5-8)13(18-2)9-6-7-10(15)12(17)11(9)16/h6-8,13-14,18H,3-5H2,1-2H3. The van der Waals surface area contributed by atoms with Crippen molar-refractivity contribution in [3.05, 3.63) is 35.1 Å². The van der Waals surface area contributed by atoms with Crippen molar-refractivity contribution in [1.82, 2.24) is 5.32 Å². The van der Waals surface area contributed by atoms with E-state index in [9.17, 15) is 13.2 Å². The van der Waals surface area contributed by atoms with Gasteiger partial charge in [-0.15, -0.1) is 0 Å². The Hall–Kier alpha value is -1.07. The molecule has 0 amide bonds. The van der Waals surface area contributed by atoms with E-state index in [1.54, 1.807) is 7.05 Å². The molecule has 19 heavy (non-hydrogen) atoms. The summed E-state index contributed by atoms with van der Waals surface area (Å²) in [6.45, 7) is 2.37. The number of benzene rings is 1. The normalized spacial score (nSPS) is 18.4. The van der Waals surface area contributed by atoms with E-state index in [1.807, 2.05) is 6.92 Å². The third-order valence-electron chi connectivity index (χ3n) is 3.49. The molecule has 1 N–H and O–H groups in total. The topological polar surface area (TPSA) is 21.3 Å². The maximum Gasteiger partial charge on any atom is 0.194 e. The van der Waals surface area contributed by atoms with Crippen molar-refractivity contribution in [2.75, 3.05) is 13.7 Å². The molecular weight excluding hydrogens is 255 g/mol. The van der Waals surface area contributed by atoms with Crippen LogP contribution in [0, 0.1) is 23.4 Å². The highest BCUT2D eigenvalue weighted by Crippen LogP contribution is 2.40. The zero-order valence-corrected chi connectivity index (χ0v) is 11.1. The fourth-order valence-electron chi connectivity index (χ4n) is 2.40. The average Bonchev–Trinajstić information content (AvgIpc) is 3.22. The smallest absolute Gasteiger partial charge is 0.194 e. The molecule has 5 heteroatoms. The van der Waals surface area contributed by atoms with E-state index >= 15 is 0 Å². The van der Waals surface area contributed by atoms with Crippen molar-refractivity contribution in [2.45, 2.75) is 31.9 Å². The van der Waals surface area contributed by atoms with Crippen LogP contribution in [0.4, 0.5) is 13.2 Å². The lowest BCUT2D eigenvalue weighted by atomic mass is 9.97. The van der Waals surface area contributed by atoms with Crippen LogP contribution < -0.4 is 5.32 Å². The largest absolute Gasteiger partial charge is 0.376 e. The molecule has 1 saturated carbocycles. The van der Waals surface area contributed by atoms with Gasteiger partial charge >= 0.3 is 0 Å². The molecule has 0 heterocycles. The number of likely N-dealkylation sites (N-methyl/N-ethyl adjacent to an activating group) is 1. The average molecular weight is 273 g/mol. The molecule has 2 nitrogen and oxygen atoms in total. The predicted molar refractivity (Wildman–Crippen MR) is 66.3 cm³/mol. The van der Waals surface area contributed by atoms with Gasteiger partial charge in [0.05, 0.1) is 12.1 Å². The monoisotopic (exact) mass is 273 g/mol. The molecule has 0 spiro atoms. The Balaban J connectivity index is 2.32. The summed E-state index contributed by atoms with van der Waals surface area (Å²) < 4.78 is 45.8. The van der Waals surface area contributed by atoms with E-state index in [1.165, 1.54) is 6.07 Å². The van der Waals surface area contributed by atoms with E-state index in [0.29, 0.717) is 12.5 Å². The number of nitrogens with one attached hydrogen (secondary N) is 1. The van der Waals surface area contributed by atoms with Crippen LogP contribution >= 0.6 is 0 Å². The molecule has 1 aromatic carbocycles. The van der Waals surface area contributed by atoms with Crippen molar-refractivity contribution < 1.29 is 17.9 Å². The van der Waals surface area contributed by atoms with E-state index in [-0.39, 0.29) is 11.7 Å². The van der Waals surface area contributed by atoms with Crippen LogP contribution in [0.15, 0.2) is 12.1 Å². The minimum Gasteiger partial charge on any atom is -0.376 e. The maximum atomic E-state index is 13.9. The SMILES string of the molecule is CCOC(C1CC1)C(NC)c1ccc(F)c(F)c1F. The minimum absolute atomic E-state index is 0.117. The van der Waals surface area contributed by atoms with Gasteiger partial charge in [-0.3, -0.25) is 0 Å². The molecule has 2 rings (SSSR count). The zero-order chi connectivity index (χ0) is 14.0. The Bertz CT molecular complexity index is 449. The Morgan fingerprint density at radius 1 is 1.26 bits per heavy atom. The molecule has 0 aliphatic heterocycles. The molecule has 0 aromatic heterocycles. The third kappa shape index (κ3) is 2.92. The molecule has 1 aliphatic rings. The molecule has 0 radical (unpaired) electrons. The Kier molecular flexibility index (Phi) is 4.47. The number of rotatable bonds is 6. The van der Waals surface area contributed by atoms with Crippen LogP contribution in [0.5, 0.6) is 0 Å². The summed E-state index contributed by atoms with van der Waals surface area (Å²) in [6.07, 6.45) is 1.83. The zero-order valence-electron chi connectivity index (χ0n) is 11.1. The molecule has 2 unspecified atom stereocenters. The number of halogens is 3. The molecule has 0 saturated heterocycles. The summed E-state index contributed by atoms with van der Waals surface area (Å²) in [6, 6.07) is 1.76. The quantitative estimate of drug-likeness (QED) is 0.804. The molecule has 1 aromatic rings. The number of hydrogen-bond acceptors (Lipinski definition) is 2. The molecule has 0 bridgehead atoms. The highest BCUT2D eigenvalue weighted by molar-refractivity contribution is 5.25. The van der Waals surface area contributed by atoms with Crippen LogP contribution in [0.1, 0.15) is 31.4 Å². The van der Waals surface area contributed by atoms with E-state index in [0.717, 1.165) is 18.9 Å². The second-order valence-electron chi connectivity index (χ2n) is 4.79. The highest BCUT2D eigenvalue weighted by Gasteiger charge is 2.38. The van der Waals surface area contributed by atoms with Crippen molar-refractivity contribution >= 4 is 0 Å². The van der Waals surface area contributed by atoms with Gasteiger partial charge in [0.2, 0.25) is 0 Å². The summed E-state index contributed by atoms with van der Waals surface area (Å²) >= 11 is 0. The van der Waals surface area contributed by atoms with Gasteiger partial charge in [-0.25, -0.2) is 13.2 Å². The van der Waals surface area contributed by atoms with Gasteiger partial charge in [-0.2, -0.15) is 0 Å². The van der Waals surface area contributed by atoms with Crippen LogP contribution in [0.3, 0.4) is 0 Å². The van der Waals surface area contributed by atoms with Gasteiger partial charge in [0.15, 0.2) is 17.5 Å². The van der Waals surface area contributed by atoms with Gasteiger partial charge in [0, 0.05) is 12.2 Å². The second-order valence-corrected chi connectivity index (χ2v) is 4.79. The maximum absolute atomic E-state index is 13.9. The van der Waals surface area contributed by atoms with Crippen LogP contribution in [-0.4, -0.2) is 19.8 Å². The summed E-state index contributed by atoms with van der Waals surface area (Å²) in [5.41, 5.74) is 0.117. The van der Waals surface area contributed by atoms with Gasteiger partial charge in [-0.1, -0.05) is 6.07 Å². The first-order valence-corrected chi connectivity index (χ1v) is 6.52. The fraction of sp³-hybridized carbons (Fsp3) is 0.571. The molecular formula is C14H18F3NO. The van der Waals surface area contributed by atoms with Crippen molar-refractivity contribution in [3.8, 4) is 0 Å².